The van der Waals surface area contributed by atoms with Gasteiger partial charge in [-0.25, -0.2) is 10.0 Å². The second kappa shape index (κ2) is 9.27. The predicted molar refractivity (Wildman–Crippen MR) is 129 cm³/mol. The van der Waals surface area contributed by atoms with Crippen LogP contribution in [-0.2, 0) is 16.0 Å². The number of nitrogens with zero attached hydrogens (tertiary/aromatic N) is 3. The molecule has 2 aromatic carbocycles. The molecule has 2 atom stereocenters. The summed E-state index contributed by atoms with van der Waals surface area (Å²) in [6.45, 7) is 5.75. The van der Waals surface area contributed by atoms with Gasteiger partial charge in [-0.3, -0.25) is 9.59 Å². The number of amides is 1. The number of Topliss-reactive ketones (excluding diaryl/α,β-unsaturated/α-hetero) is 1. The number of piperidine rings is 2. The third kappa shape index (κ3) is 4.30. The molecule has 3 heterocycles. The normalized spacial score (nSPS) is 25.8. The van der Waals surface area contributed by atoms with E-state index in [1.807, 2.05) is 24.3 Å². The molecule has 0 aliphatic carbocycles. The minimum Gasteiger partial charge on any atom is -0.339 e. The molecule has 0 bridgehead atoms. The zero-order valence-corrected chi connectivity index (χ0v) is 19.5. The van der Waals surface area contributed by atoms with Gasteiger partial charge in [-0.15, -0.1) is 0 Å². The smallest absolute Gasteiger partial charge is 0.247 e. The van der Waals surface area contributed by atoms with Crippen LogP contribution >= 0.6 is 0 Å². The molecule has 1 spiro atoms. The second-order valence-corrected chi connectivity index (χ2v) is 9.78. The van der Waals surface area contributed by atoms with Crippen molar-refractivity contribution in [2.45, 2.75) is 38.1 Å². The molecule has 1 N–H and O–H groups in total. The maximum Gasteiger partial charge on any atom is 0.247 e. The molecule has 2 aromatic rings. The highest BCUT2D eigenvalue weighted by molar-refractivity contribution is 5.93. The van der Waals surface area contributed by atoms with Crippen LogP contribution in [0.5, 0.6) is 0 Å². The fourth-order valence-electron chi connectivity index (χ4n) is 6.04. The molecular formula is C27H34N4O2. The van der Waals surface area contributed by atoms with Crippen LogP contribution < -0.4 is 10.2 Å². The van der Waals surface area contributed by atoms with Gasteiger partial charge in [0.25, 0.3) is 0 Å². The molecule has 3 saturated heterocycles. The minimum absolute atomic E-state index is 0.0606. The number of anilines is 1. The van der Waals surface area contributed by atoms with Gasteiger partial charge in [0, 0.05) is 37.8 Å². The van der Waals surface area contributed by atoms with E-state index in [-0.39, 0.29) is 11.8 Å². The Bertz CT molecular complexity index is 972. The number of ketones is 1. The molecule has 3 aliphatic heterocycles. The summed E-state index contributed by atoms with van der Waals surface area (Å²) in [6, 6.07) is 20.8. The Labute approximate surface area is 196 Å². The number of carbonyl (C=O) groups excluding carboxylic acids is 2. The molecule has 0 radical (unpaired) electrons. The van der Waals surface area contributed by atoms with Gasteiger partial charge in [0.05, 0.1) is 6.67 Å². The molecule has 0 saturated carbocycles. The molecule has 174 valence electrons. The second-order valence-electron chi connectivity index (χ2n) is 9.78. The topological polar surface area (TPSA) is 55.9 Å². The summed E-state index contributed by atoms with van der Waals surface area (Å²) in [5.41, 5.74) is 1.95. The van der Waals surface area contributed by atoms with Crippen molar-refractivity contribution in [1.29, 1.82) is 0 Å². The lowest BCUT2D eigenvalue weighted by Crippen LogP contribution is -2.61. The van der Waals surface area contributed by atoms with Gasteiger partial charge in [-0.05, 0) is 56.2 Å². The van der Waals surface area contributed by atoms with Gasteiger partial charge in [-0.2, -0.15) is 0 Å². The molecule has 3 aliphatic rings. The Morgan fingerprint density at radius 1 is 0.970 bits per heavy atom. The van der Waals surface area contributed by atoms with Crippen molar-refractivity contribution >= 4 is 17.4 Å². The van der Waals surface area contributed by atoms with Gasteiger partial charge in [0.2, 0.25) is 5.91 Å². The Kier molecular flexibility index (Phi) is 6.21. The lowest BCUT2D eigenvalue weighted by Gasteiger charge is -2.49. The van der Waals surface area contributed by atoms with E-state index >= 15 is 0 Å². The van der Waals surface area contributed by atoms with E-state index in [9.17, 15) is 9.59 Å². The van der Waals surface area contributed by atoms with Gasteiger partial charge < -0.3 is 10.2 Å². The number of hydrogen-bond donors (Lipinski definition) is 1. The van der Waals surface area contributed by atoms with Crippen molar-refractivity contribution in [1.82, 2.24) is 15.3 Å². The number of carbonyl (C=O) groups is 2. The fourth-order valence-corrected chi connectivity index (χ4v) is 6.04. The number of nitrogens with one attached hydrogen (secondary N) is 1. The zero-order valence-electron chi connectivity index (χ0n) is 19.5. The summed E-state index contributed by atoms with van der Waals surface area (Å²) in [5.74, 6) is 0.894. The SMILES string of the molecule is CC(=O)C1CN(N2CCC3(CC2)C(=O)NCN3c2ccccc2)CCC1Cc1ccccc1. The van der Waals surface area contributed by atoms with E-state index in [1.165, 1.54) is 5.56 Å². The summed E-state index contributed by atoms with van der Waals surface area (Å²) in [5, 5.41) is 7.87. The Morgan fingerprint density at radius 2 is 1.64 bits per heavy atom. The van der Waals surface area contributed by atoms with Gasteiger partial charge in [0.1, 0.15) is 11.3 Å². The number of para-hydroxylation sites is 1. The van der Waals surface area contributed by atoms with Crippen LogP contribution in [0.25, 0.3) is 0 Å². The van der Waals surface area contributed by atoms with Crippen LogP contribution in [0.4, 0.5) is 5.69 Å². The van der Waals surface area contributed by atoms with E-state index in [0.717, 1.165) is 57.5 Å². The maximum atomic E-state index is 12.9. The average molecular weight is 447 g/mol. The van der Waals surface area contributed by atoms with Crippen LogP contribution in [0.15, 0.2) is 60.7 Å². The number of hydrazine groups is 1. The first-order valence-electron chi connectivity index (χ1n) is 12.2. The van der Waals surface area contributed by atoms with Crippen LogP contribution in [0.1, 0.15) is 31.7 Å². The zero-order chi connectivity index (χ0) is 22.8. The molecule has 5 rings (SSSR count). The monoisotopic (exact) mass is 446 g/mol. The van der Waals surface area contributed by atoms with Crippen LogP contribution in [-0.4, -0.2) is 60.1 Å². The van der Waals surface area contributed by atoms with E-state index in [1.54, 1.807) is 6.92 Å². The molecule has 0 aromatic heterocycles. The van der Waals surface area contributed by atoms with Gasteiger partial charge in [0.15, 0.2) is 0 Å². The van der Waals surface area contributed by atoms with Crippen molar-refractivity contribution in [3.05, 3.63) is 66.2 Å². The van der Waals surface area contributed by atoms with E-state index in [4.69, 9.17) is 0 Å². The van der Waals surface area contributed by atoms with Crippen molar-refractivity contribution in [2.75, 3.05) is 37.7 Å². The first kappa shape index (κ1) is 22.1. The lowest BCUT2D eigenvalue weighted by molar-refractivity contribution is -0.135. The quantitative estimate of drug-likeness (QED) is 0.765. The summed E-state index contributed by atoms with van der Waals surface area (Å²) >= 11 is 0. The fraction of sp³-hybridized carbons (Fsp3) is 0.481. The Balaban J connectivity index is 1.25. The Hall–Kier alpha value is -2.70. The molecule has 6 nitrogen and oxygen atoms in total. The first-order chi connectivity index (χ1) is 16.1. The minimum atomic E-state index is -0.469. The largest absolute Gasteiger partial charge is 0.339 e. The average Bonchev–Trinajstić information content (AvgIpc) is 3.16. The third-order valence-electron chi connectivity index (χ3n) is 7.97. The van der Waals surface area contributed by atoms with Crippen molar-refractivity contribution in [2.24, 2.45) is 11.8 Å². The highest BCUT2D eigenvalue weighted by atomic mass is 16.2. The standard InChI is InChI=1S/C27H34N4O2/c1-21(32)25-19-30(15-12-23(25)18-22-8-4-2-5-9-22)29-16-13-27(14-17-29)26(33)28-20-31(27)24-10-6-3-7-11-24/h2-11,23,25H,12-20H2,1H3,(H,28,33). The van der Waals surface area contributed by atoms with Gasteiger partial charge in [-0.1, -0.05) is 48.5 Å². The van der Waals surface area contributed by atoms with Crippen LogP contribution in [0, 0.1) is 11.8 Å². The maximum absolute atomic E-state index is 12.9. The molecule has 6 heteroatoms. The summed E-state index contributed by atoms with van der Waals surface area (Å²) in [6.07, 6.45) is 3.58. The highest BCUT2D eigenvalue weighted by Gasteiger charge is 2.51. The predicted octanol–water partition coefficient (Wildman–Crippen LogP) is 3.10. The number of benzene rings is 2. The lowest BCUT2D eigenvalue weighted by atomic mass is 9.79. The molecule has 1 amide bonds. The summed E-state index contributed by atoms with van der Waals surface area (Å²) < 4.78 is 0. The molecule has 2 unspecified atom stereocenters. The molecule has 3 fully saturated rings. The van der Waals surface area contributed by atoms with Crippen LogP contribution in [0.3, 0.4) is 0 Å². The summed E-state index contributed by atoms with van der Waals surface area (Å²) in [7, 11) is 0. The number of rotatable bonds is 5. The first-order valence-corrected chi connectivity index (χ1v) is 12.2. The van der Waals surface area contributed by atoms with Crippen molar-refractivity contribution in [3.8, 4) is 0 Å². The molecular weight excluding hydrogens is 412 g/mol. The van der Waals surface area contributed by atoms with E-state index in [0.29, 0.717) is 18.4 Å². The van der Waals surface area contributed by atoms with E-state index < -0.39 is 5.54 Å². The molecule has 33 heavy (non-hydrogen) atoms. The van der Waals surface area contributed by atoms with Gasteiger partial charge >= 0.3 is 0 Å². The van der Waals surface area contributed by atoms with Crippen molar-refractivity contribution in [3.63, 3.8) is 0 Å². The highest BCUT2D eigenvalue weighted by Crippen LogP contribution is 2.37. The van der Waals surface area contributed by atoms with E-state index in [2.05, 4.69) is 56.6 Å². The third-order valence-corrected chi connectivity index (χ3v) is 7.97. The number of hydrogen-bond acceptors (Lipinski definition) is 5. The summed E-state index contributed by atoms with van der Waals surface area (Å²) in [4.78, 5) is 27.8. The van der Waals surface area contributed by atoms with Crippen molar-refractivity contribution < 1.29 is 9.59 Å². The van der Waals surface area contributed by atoms with Crippen LogP contribution in [0.2, 0.25) is 0 Å². The Morgan fingerprint density at radius 3 is 2.30 bits per heavy atom.